The largest absolute Gasteiger partial charge is 0.416 e. The van der Waals surface area contributed by atoms with Crippen LogP contribution in [0, 0.1) is 6.92 Å². The molecule has 0 atom stereocenters. The second-order valence-corrected chi connectivity index (χ2v) is 4.25. The van der Waals surface area contributed by atoms with Gasteiger partial charge in [0.2, 0.25) is 0 Å². The van der Waals surface area contributed by atoms with Crippen LogP contribution >= 0.6 is 0 Å². The molecule has 2 aromatic rings. The van der Waals surface area contributed by atoms with E-state index in [-0.39, 0.29) is 5.69 Å². The lowest BCUT2D eigenvalue weighted by Gasteiger charge is -2.12. The number of hydrogen-bond acceptors (Lipinski definition) is 4. The number of hydrogen-bond donors (Lipinski definition) is 2. The lowest BCUT2D eigenvalue weighted by molar-refractivity contribution is -0.137. The van der Waals surface area contributed by atoms with Gasteiger partial charge in [-0.15, -0.1) is 0 Å². The maximum Gasteiger partial charge on any atom is 0.416 e. The molecule has 0 aliphatic carbocycles. The van der Waals surface area contributed by atoms with Crippen LogP contribution in [0.5, 0.6) is 0 Å². The summed E-state index contributed by atoms with van der Waals surface area (Å²) in [6, 6.07) is 4.93. The quantitative estimate of drug-likeness (QED) is 0.849. The number of halogens is 3. The molecule has 0 spiro atoms. The lowest BCUT2D eigenvalue weighted by atomic mass is 10.1. The zero-order valence-electron chi connectivity index (χ0n) is 10.7. The van der Waals surface area contributed by atoms with Gasteiger partial charge in [0, 0.05) is 6.20 Å². The number of aromatic nitrogens is 2. The summed E-state index contributed by atoms with van der Waals surface area (Å²) >= 11 is 0. The molecule has 0 saturated carbocycles. The normalized spacial score (nSPS) is 11.4. The molecule has 1 heterocycles. The minimum absolute atomic E-state index is 0.0469. The lowest BCUT2D eigenvalue weighted by Crippen LogP contribution is -2.08. The standard InChI is InChI=1S/C13H13F3N4/c1-8-18-5-4-10(20-8)7-19-12-3-2-9(6-11(12)17)13(14,15)16/h2-6,19H,7,17H2,1H3. The van der Waals surface area contributed by atoms with E-state index >= 15 is 0 Å². The maximum atomic E-state index is 12.5. The monoisotopic (exact) mass is 282 g/mol. The Kier molecular flexibility index (Phi) is 3.78. The fraction of sp³-hybridized carbons (Fsp3) is 0.231. The average molecular weight is 282 g/mol. The van der Waals surface area contributed by atoms with E-state index in [1.807, 2.05) is 0 Å². The Morgan fingerprint density at radius 1 is 1.25 bits per heavy atom. The SMILES string of the molecule is Cc1nccc(CNc2ccc(C(F)(F)F)cc2N)n1. The van der Waals surface area contributed by atoms with E-state index in [9.17, 15) is 13.2 Å². The highest BCUT2D eigenvalue weighted by atomic mass is 19.4. The van der Waals surface area contributed by atoms with Crippen molar-refractivity contribution in [2.75, 3.05) is 11.1 Å². The van der Waals surface area contributed by atoms with Gasteiger partial charge >= 0.3 is 6.18 Å². The van der Waals surface area contributed by atoms with Gasteiger partial charge in [-0.05, 0) is 31.2 Å². The Bertz CT molecular complexity index is 611. The zero-order valence-corrected chi connectivity index (χ0v) is 10.7. The van der Waals surface area contributed by atoms with E-state index in [1.54, 1.807) is 19.2 Å². The van der Waals surface area contributed by atoms with Crippen molar-refractivity contribution in [3.8, 4) is 0 Å². The molecular formula is C13H13F3N4. The minimum atomic E-state index is -4.39. The average Bonchev–Trinajstić information content (AvgIpc) is 2.36. The van der Waals surface area contributed by atoms with Crippen molar-refractivity contribution in [2.24, 2.45) is 0 Å². The van der Waals surface area contributed by atoms with Crippen LogP contribution in [0.3, 0.4) is 0 Å². The van der Waals surface area contributed by atoms with Gasteiger partial charge in [-0.2, -0.15) is 13.2 Å². The van der Waals surface area contributed by atoms with Crippen molar-refractivity contribution in [2.45, 2.75) is 19.6 Å². The van der Waals surface area contributed by atoms with Gasteiger partial charge in [0.25, 0.3) is 0 Å². The summed E-state index contributed by atoms with van der Waals surface area (Å²) in [5.41, 5.74) is 6.07. The van der Waals surface area contributed by atoms with Crippen LogP contribution in [0.1, 0.15) is 17.1 Å². The molecule has 0 amide bonds. The summed E-state index contributed by atoms with van der Waals surface area (Å²) in [5.74, 6) is 0.629. The predicted octanol–water partition coefficient (Wildman–Crippen LogP) is 3.00. The maximum absolute atomic E-state index is 12.5. The second-order valence-electron chi connectivity index (χ2n) is 4.25. The van der Waals surface area contributed by atoms with E-state index in [0.717, 1.165) is 17.8 Å². The predicted molar refractivity (Wildman–Crippen MR) is 70.0 cm³/mol. The van der Waals surface area contributed by atoms with Gasteiger partial charge in [-0.25, -0.2) is 9.97 Å². The van der Waals surface area contributed by atoms with Crippen molar-refractivity contribution < 1.29 is 13.2 Å². The van der Waals surface area contributed by atoms with Gasteiger partial charge in [-0.3, -0.25) is 0 Å². The number of nitrogens with zero attached hydrogens (tertiary/aromatic N) is 2. The van der Waals surface area contributed by atoms with Gasteiger partial charge in [0.1, 0.15) is 5.82 Å². The highest BCUT2D eigenvalue weighted by Crippen LogP contribution is 2.32. The molecule has 0 saturated heterocycles. The highest BCUT2D eigenvalue weighted by molar-refractivity contribution is 5.67. The second kappa shape index (κ2) is 5.36. The molecular weight excluding hydrogens is 269 g/mol. The van der Waals surface area contributed by atoms with Gasteiger partial charge in [-0.1, -0.05) is 0 Å². The summed E-state index contributed by atoms with van der Waals surface area (Å²) < 4.78 is 37.5. The fourth-order valence-corrected chi connectivity index (χ4v) is 1.69. The van der Waals surface area contributed by atoms with Crippen LogP contribution in [0.25, 0.3) is 0 Å². The summed E-state index contributed by atoms with van der Waals surface area (Å²) in [7, 11) is 0. The van der Waals surface area contributed by atoms with E-state index < -0.39 is 11.7 Å². The van der Waals surface area contributed by atoms with Crippen molar-refractivity contribution in [3.63, 3.8) is 0 Å². The van der Waals surface area contributed by atoms with Crippen molar-refractivity contribution in [1.29, 1.82) is 0 Å². The molecule has 4 nitrogen and oxygen atoms in total. The van der Waals surface area contributed by atoms with Crippen LogP contribution in [-0.4, -0.2) is 9.97 Å². The number of nitrogens with one attached hydrogen (secondary N) is 1. The molecule has 0 bridgehead atoms. The molecule has 2 rings (SSSR count). The molecule has 106 valence electrons. The first kappa shape index (κ1) is 14.1. The summed E-state index contributed by atoms with van der Waals surface area (Å²) in [6.45, 7) is 2.12. The van der Waals surface area contributed by atoms with Crippen LogP contribution < -0.4 is 11.1 Å². The molecule has 20 heavy (non-hydrogen) atoms. The molecule has 0 aliphatic rings. The molecule has 7 heteroatoms. The van der Waals surface area contributed by atoms with Crippen molar-refractivity contribution >= 4 is 11.4 Å². The van der Waals surface area contributed by atoms with Gasteiger partial charge < -0.3 is 11.1 Å². The molecule has 1 aromatic heterocycles. The number of aryl methyl sites for hydroxylation is 1. The third kappa shape index (κ3) is 3.37. The Balaban J connectivity index is 2.11. The van der Waals surface area contributed by atoms with Crippen LogP contribution in [-0.2, 0) is 12.7 Å². The molecule has 0 unspecified atom stereocenters. The van der Waals surface area contributed by atoms with E-state index in [2.05, 4.69) is 15.3 Å². The van der Waals surface area contributed by atoms with Crippen LogP contribution in [0.15, 0.2) is 30.5 Å². The summed E-state index contributed by atoms with van der Waals surface area (Å²) in [6.07, 6.45) is -2.77. The van der Waals surface area contributed by atoms with Crippen molar-refractivity contribution in [1.82, 2.24) is 9.97 Å². The smallest absolute Gasteiger partial charge is 0.397 e. The first-order valence-electron chi connectivity index (χ1n) is 5.85. The zero-order chi connectivity index (χ0) is 14.8. The highest BCUT2D eigenvalue weighted by Gasteiger charge is 2.30. The van der Waals surface area contributed by atoms with E-state index in [1.165, 1.54) is 6.07 Å². The topological polar surface area (TPSA) is 63.8 Å². The number of anilines is 2. The third-order valence-corrected chi connectivity index (χ3v) is 2.67. The fourth-order valence-electron chi connectivity index (χ4n) is 1.69. The number of alkyl halides is 3. The van der Waals surface area contributed by atoms with E-state index in [4.69, 9.17) is 5.73 Å². The Hall–Kier alpha value is -2.31. The molecule has 0 radical (unpaired) electrons. The van der Waals surface area contributed by atoms with Crippen LogP contribution in [0.2, 0.25) is 0 Å². The molecule has 0 fully saturated rings. The Labute approximate surface area is 113 Å². The minimum Gasteiger partial charge on any atom is -0.397 e. The summed E-state index contributed by atoms with van der Waals surface area (Å²) in [4.78, 5) is 8.14. The van der Waals surface area contributed by atoms with Gasteiger partial charge in [0.15, 0.2) is 0 Å². The summed E-state index contributed by atoms with van der Waals surface area (Å²) in [5, 5.41) is 2.95. The number of nitrogens with two attached hydrogens (primary N) is 1. The number of rotatable bonds is 3. The van der Waals surface area contributed by atoms with Crippen molar-refractivity contribution in [3.05, 3.63) is 47.5 Å². The van der Waals surface area contributed by atoms with Gasteiger partial charge in [0.05, 0.1) is 29.2 Å². The Morgan fingerprint density at radius 3 is 2.60 bits per heavy atom. The number of nitrogen functional groups attached to an aromatic ring is 1. The molecule has 3 N–H and O–H groups in total. The van der Waals surface area contributed by atoms with Crippen LogP contribution in [0.4, 0.5) is 24.5 Å². The molecule has 0 aliphatic heterocycles. The first-order valence-corrected chi connectivity index (χ1v) is 5.85. The number of benzene rings is 1. The third-order valence-electron chi connectivity index (χ3n) is 2.67. The first-order chi connectivity index (χ1) is 9.36. The molecule has 1 aromatic carbocycles. The van der Waals surface area contributed by atoms with E-state index in [0.29, 0.717) is 18.1 Å². The Morgan fingerprint density at radius 2 is 2.00 bits per heavy atom.